The molecule has 1 aromatic heterocycles. The van der Waals surface area contributed by atoms with E-state index in [-0.39, 0.29) is 17.3 Å². The number of rotatable bonds is 4. The normalized spacial score (nSPS) is 18.7. The number of nitrogens with one attached hydrogen (secondary N) is 1. The average Bonchev–Trinajstić information content (AvgIpc) is 2.63. The first kappa shape index (κ1) is 17.8. The van der Waals surface area contributed by atoms with Gasteiger partial charge in [0.1, 0.15) is 0 Å². The first-order valence-electron chi connectivity index (χ1n) is 7.93. The van der Waals surface area contributed by atoms with Crippen molar-refractivity contribution in [2.45, 2.75) is 17.7 Å². The maximum absolute atomic E-state index is 12.8. The van der Waals surface area contributed by atoms with Gasteiger partial charge in [-0.05, 0) is 49.2 Å². The number of amides is 1. The van der Waals surface area contributed by atoms with Crippen LogP contribution in [0, 0.1) is 5.92 Å². The van der Waals surface area contributed by atoms with Gasteiger partial charge in [-0.25, -0.2) is 8.42 Å². The molecule has 8 heteroatoms. The zero-order valence-corrected chi connectivity index (χ0v) is 15.0. The number of hydrogen-bond donors (Lipinski definition) is 1. The van der Waals surface area contributed by atoms with Crippen LogP contribution in [-0.4, -0.2) is 36.7 Å². The zero-order valence-electron chi connectivity index (χ0n) is 13.4. The molecule has 3 rings (SSSR count). The highest BCUT2D eigenvalue weighted by Gasteiger charge is 2.33. The predicted octanol–water partition coefficient (Wildman–Crippen LogP) is 2.77. The first-order valence-corrected chi connectivity index (χ1v) is 9.75. The van der Waals surface area contributed by atoms with E-state index in [9.17, 15) is 13.2 Å². The van der Waals surface area contributed by atoms with E-state index in [1.807, 2.05) is 0 Å². The molecule has 1 fully saturated rings. The zero-order chi connectivity index (χ0) is 17.9. The topological polar surface area (TPSA) is 79.4 Å². The molecule has 132 valence electrons. The summed E-state index contributed by atoms with van der Waals surface area (Å²) in [5, 5.41) is 3.27. The predicted molar refractivity (Wildman–Crippen MR) is 95.8 cm³/mol. The number of carbonyl (C=O) groups is 1. The van der Waals surface area contributed by atoms with Crippen molar-refractivity contribution >= 4 is 33.2 Å². The smallest absolute Gasteiger partial charge is 0.243 e. The summed E-state index contributed by atoms with van der Waals surface area (Å²) in [4.78, 5) is 16.6. The van der Waals surface area contributed by atoms with Crippen LogP contribution >= 0.6 is 11.6 Å². The first-order chi connectivity index (χ1) is 12.0. The summed E-state index contributed by atoms with van der Waals surface area (Å²) >= 11 is 5.82. The summed E-state index contributed by atoms with van der Waals surface area (Å²) in [5.41, 5.74) is 0.602. The molecule has 6 nitrogen and oxygen atoms in total. The van der Waals surface area contributed by atoms with Crippen molar-refractivity contribution in [2.75, 3.05) is 18.4 Å². The number of pyridine rings is 1. The standard InChI is InChI=1S/C17H18ClN3O3S/c18-14-5-7-16(8-6-14)25(23,24)21-10-2-3-13(12-21)17(22)20-15-4-1-9-19-11-15/h1,4-9,11,13H,2-3,10,12H2,(H,20,22). The van der Waals surface area contributed by atoms with Crippen LogP contribution in [-0.2, 0) is 14.8 Å². The SMILES string of the molecule is O=C(Nc1cccnc1)C1CCCN(S(=O)(=O)c2ccc(Cl)cc2)C1. The Balaban J connectivity index is 1.72. The third-order valence-corrected chi connectivity index (χ3v) is 6.27. The largest absolute Gasteiger partial charge is 0.324 e. The van der Waals surface area contributed by atoms with Crippen molar-refractivity contribution in [3.63, 3.8) is 0 Å². The highest BCUT2D eigenvalue weighted by molar-refractivity contribution is 7.89. The molecule has 0 saturated carbocycles. The maximum atomic E-state index is 12.8. The van der Waals surface area contributed by atoms with Crippen LogP contribution in [0.25, 0.3) is 0 Å². The molecule has 0 aliphatic carbocycles. The van der Waals surface area contributed by atoms with Crippen molar-refractivity contribution in [1.29, 1.82) is 0 Å². The minimum atomic E-state index is -3.64. The van der Waals surface area contributed by atoms with E-state index >= 15 is 0 Å². The van der Waals surface area contributed by atoms with Crippen molar-refractivity contribution in [3.05, 3.63) is 53.8 Å². The lowest BCUT2D eigenvalue weighted by Crippen LogP contribution is -2.43. The molecule has 25 heavy (non-hydrogen) atoms. The molecule has 1 saturated heterocycles. The minimum Gasteiger partial charge on any atom is -0.324 e. The molecule has 0 radical (unpaired) electrons. The van der Waals surface area contributed by atoms with Crippen LogP contribution in [0.4, 0.5) is 5.69 Å². The second-order valence-electron chi connectivity index (χ2n) is 5.89. The minimum absolute atomic E-state index is 0.164. The number of aromatic nitrogens is 1. The summed E-state index contributed by atoms with van der Waals surface area (Å²) in [7, 11) is -3.64. The Bertz CT molecular complexity index is 841. The van der Waals surface area contributed by atoms with Crippen molar-refractivity contribution < 1.29 is 13.2 Å². The molecule has 1 aliphatic rings. The fourth-order valence-corrected chi connectivity index (χ4v) is 4.46. The molecule has 2 heterocycles. The van der Waals surface area contributed by atoms with Gasteiger partial charge in [0.25, 0.3) is 0 Å². The lowest BCUT2D eigenvalue weighted by Gasteiger charge is -2.31. The lowest BCUT2D eigenvalue weighted by atomic mass is 9.99. The number of benzene rings is 1. The van der Waals surface area contributed by atoms with Crippen LogP contribution in [0.1, 0.15) is 12.8 Å². The Labute approximate surface area is 151 Å². The van der Waals surface area contributed by atoms with Gasteiger partial charge in [-0.15, -0.1) is 0 Å². The van der Waals surface area contributed by atoms with Crippen LogP contribution in [0.5, 0.6) is 0 Å². The molecule has 1 atom stereocenters. The Morgan fingerprint density at radius 1 is 1.24 bits per heavy atom. The maximum Gasteiger partial charge on any atom is 0.243 e. The van der Waals surface area contributed by atoms with Crippen molar-refractivity contribution in [3.8, 4) is 0 Å². The van der Waals surface area contributed by atoms with E-state index in [0.29, 0.717) is 30.1 Å². The summed E-state index contributed by atoms with van der Waals surface area (Å²) in [5.74, 6) is -0.583. The quantitative estimate of drug-likeness (QED) is 0.885. The molecule has 1 amide bonds. The highest BCUT2D eigenvalue weighted by Crippen LogP contribution is 2.25. The Morgan fingerprint density at radius 3 is 2.68 bits per heavy atom. The number of anilines is 1. The monoisotopic (exact) mass is 379 g/mol. The highest BCUT2D eigenvalue weighted by atomic mass is 35.5. The summed E-state index contributed by atoms with van der Waals surface area (Å²) in [6.07, 6.45) is 4.47. The molecule has 0 bridgehead atoms. The van der Waals surface area contributed by atoms with Gasteiger partial charge in [0, 0.05) is 24.3 Å². The molecule has 0 spiro atoms. The van der Waals surface area contributed by atoms with Crippen LogP contribution < -0.4 is 5.32 Å². The van der Waals surface area contributed by atoms with Gasteiger partial charge >= 0.3 is 0 Å². The van der Waals surface area contributed by atoms with E-state index in [2.05, 4.69) is 10.3 Å². The third-order valence-electron chi connectivity index (χ3n) is 4.14. The third kappa shape index (κ3) is 4.18. The molecular formula is C17H18ClN3O3S. The van der Waals surface area contributed by atoms with Gasteiger partial charge in [0.2, 0.25) is 15.9 Å². The molecule has 1 aliphatic heterocycles. The van der Waals surface area contributed by atoms with E-state index in [1.165, 1.54) is 16.4 Å². The number of nitrogens with zero attached hydrogens (tertiary/aromatic N) is 2. The second kappa shape index (κ2) is 7.51. The molecular weight excluding hydrogens is 362 g/mol. The van der Waals surface area contributed by atoms with E-state index < -0.39 is 15.9 Å². The Kier molecular flexibility index (Phi) is 5.36. The van der Waals surface area contributed by atoms with Crippen LogP contribution in [0.15, 0.2) is 53.7 Å². The van der Waals surface area contributed by atoms with Gasteiger partial charge in [-0.1, -0.05) is 11.6 Å². The van der Waals surface area contributed by atoms with Gasteiger partial charge in [0.15, 0.2) is 0 Å². The van der Waals surface area contributed by atoms with Gasteiger partial charge < -0.3 is 5.32 Å². The molecule has 1 aromatic carbocycles. The van der Waals surface area contributed by atoms with Crippen molar-refractivity contribution in [1.82, 2.24) is 9.29 Å². The van der Waals surface area contributed by atoms with Gasteiger partial charge in [-0.3, -0.25) is 9.78 Å². The Hall–Kier alpha value is -1.96. The van der Waals surface area contributed by atoms with Gasteiger partial charge in [-0.2, -0.15) is 4.31 Å². The fraction of sp³-hybridized carbons (Fsp3) is 0.294. The van der Waals surface area contributed by atoms with E-state index in [4.69, 9.17) is 11.6 Å². The van der Waals surface area contributed by atoms with Crippen LogP contribution in [0.2, 0.25) is 5.02 Å². The number of piperidine rings is 1. The lowest BCUT2D eigenvalue weighted by molar-refractivity contribution is -0.120. The summed E-state index contributed by atoms with van der Waals surface area (Å²) < 4.78 is 26.9. The van der Waals surface area contributed by atoms with Crippen LogP contribution in [0.3, 0.4) is 0 Å². The average molecular weight is 380 g/mol. The number of sulfonamides is 1. The van der Waals surface area contributed by atoms with Crippen molar-refractivity contribution in [2.24, 2.45) is 5.92 Å². The van der Waals surface area contributed by atoms with E-state index in [0.717, 1.165) is 0 Å². The van der Waals surface area contributed by atoms with E-state index in [1.54, 1.807) is 36.7 Å². The molecule has 2 aromatic rings. The fourth-order valence-electron chi connectivity index (χ4n) is 2.81. The number of carbonyl (C=O) groups excluding carboxylic acids is 1. The number of hydrogen-bond acceptors (Lipinski definition) is 4. The Morgan fingerprint density at radius 2 is 2.00 bits per heavy atom. The summed E-state index contributed by atoms with van der Waals surface area (Å²) in [6, 6.07) is 9.54. The summed E-state index contributed by atoms with van der Waals surface area (Å²) in [6.45, 7) is 0.568. The number of halogens is 1. The molecule has 1 unspecified atom stereocenters. The van der Waals surface area contributed by atoms with Gasteiger partial charge in [0.05, 0.1) is 22.7 Å². The molecule has 1 N–H and O–H groups in total. The second-order valence-corrected chi connectivity index (χ2v) is 8.26.